The molecule has 1 aliphatic carbocycles. The van der Waals surface area contributed by atoms with Crippen LogP contribution in [0.5, 0.6) is 0 Å². The molecule has 1 nitrogen and oxygen atoms in total. The maximum Gasteiger partial charge on any atom is 0.0981 e. The molecule has 0 unspecified atom stereocenters. The fourth-order valence-electron chi connectivity index (χ4n) is 1.29. The predicted molar refractivity (Wildman–Crippen MR) is 64.2 cm³/mol. The molecule has 1 heterocycles. The van der Waals surface area contributed by atoms with Crippen molar-refractivity contribution in [3.63, 3.8) is 0 Å². The third kappa shape index (κ3) is 2.71. The smallest absolute Gasteiger partial charge is 0.0981 e. The van der Waals surface area contributed by atoms with Crippen molar-refractivity contribution in [2.45, 2.75) is 0 Å². The van der Waals surface area contributed by atoms with Crippen LogP contribution in [0.4, 0.5) is 0 Å². The van der Waals surface area contributed by atoms with Gasteiger partial charge in [0.2, 0.25) is 0 Å². The van der Waals surface area contributed by atoms with E-state index in [0.717, 1.165) is 11.1 Å². The average molecular weight is 196 g/mol. The lowest BCUT2D eigenvalue weighted by Gasteiger charge is -1.88. The minimum absolute atomic E-state index is 1.09. The second-order valence-electron chi connectivity index (χ2n) is 3.16. The summed E-state index contributed by atoms with van der Waals surface area (Å²) in [6, 6.07) is 0. The highest BCUT2D eigenvalue weighted by Gasteiger charge is 1.96. The number of rotatable bonds is 0. The lowest BCUT2D eigenvalue weighted by Crippen LogP contribution is -1.70. The Balaban J connectivity index is 2.34. The first-order valence-electron chi connectivity index (χ1n) is 4.88. The molecule has 0 amide bonds. The number of allylic oxidation sites excluding steroid dienone is 8. The van der Waals surface area contributed by atoms with Gasteiger partial charge in [0.15, 0.2) is 0 Å². The van der Waals surface area contributed by atoms with Gasteiger partial charge in [-0.05, 0) is 0 Å². The minimum Gasteiger partial charge on any atom is -0.471 e. The summed E-state index contributed by atoms with van der Waals surface area (Å²) in [5.41, 5.74) is 2.18. The van der Waals surface area contributed by atoms with Crippen molar-refractivity contribution in [2.24, 2.45) is 0 Å². The molecule has 1 aliphatic rings. The summed E-state index contributed by atoms with van der Waals surface area (Å²) in [4.78, 5) is 0. The van der Waals surface area contributed by atoms with Gasteiger partial charge in [-0.25, -0.2) is 0 Å². The molecule has 0 spiro atoms. The maximum absolute atomic E-state index is 5.16. The van der Waals surface area contributed by atoms with Gasteiger partial charge >= 0.3 is 0 Å². The summed E-state index contributed by atoms with van der Waals surface area (Å²) in [7, 11) is 0. The SMILES string of the molecule is C1=C/C=C\C=C/c2cocc2/C=C\C=C1. The van der Waals surface area contributed by atoms with Crippen LogP contribution in [-0.4, -0.2) is 0 Å². The summed E-state index contributed by atoms with van der Waals surface area (Å²) in [6.07, 6.45) is 23.5. The van der Waals surface area contributed by atoms with Crippen LogP contribution >= 0.6 is 0 Å². The van der Waals surface area contributed by atoms with Gasteiger partial charge < -0.3 is 4.42 Å². The third-order valence-electron chi connectivity index (χ3n) is 2.05. The van der Waals surface area contributed by atoms with Crippen LogP contribution in [0, 0.1) is 0 Å². The van der Waals surface area contributed by atoms with Crippen molar-refractivity contribution in [3.05, 3.63) is 72.3 Å². The second kappa shape index (κ2) is 5.01. The molecule has 0 saturated carbocycles. The zero-order chi connectivity index (χ0) is 10.3. The molecule has 0 bridgehead atoms. The third-order valence-corrected chi connectivity index (χ3v) is 2.05. The maximum atomic E-state index is 5.16. The van der Waals surface area contributed by atoms with Gasteiger partial charge in [-0.1, -0.05) is 60.8 Å². The molecule has 1 heteroatoms. The molecule has 2 rings (SSSR count). The van der Waals surface area contributed by atoms with Crippen molar-refractivity contribution in [3.8, 4) is 0 Å². The Hall–Kier alpha value is -2.02. The first-order valence-corrected chi connectivity index (χ1v) is 4.88. The van der Waals surface area contributed by atoms with E-state index in [9.17, 15) is 0 Å². The van der Waals surface area contributed by atoms with Gasteiger partial charge in [0.1, 0.15) is 0 Å². The van der Waals surface area contributed by atoms with E-state index in [2.05, 4.69) is 0 Å². The van der Waals surface area contributed by atoms with Crippen LogP contribution in [0.3, 0.4) is 0 Å². The van der Waals surface area contributed by atoms with Crippen molar-refractivity contribution in [2.75, 3.05) is 0 Å². The van der Waals surface area contributed by atoms with Crippen LogP contribution in [0.25, 0.3) is 12.2 Å². The number of hydrogen-bond acceptors (Lipinski definition) is 1. The van der Waals surface area contributed by atoms with Gasteiger partial charge in [-0.2, -0.15) is 0 Å². The van der Waals surface area contributed by atoms with E-state index in [-0.39, 0.29) is 0 Å². The fourth-order valence-corrected chi connectivity index (χ4v) is 1.29. The Morgan fingerprint density at radius 1 is 0.533 bits per heavy atom. The number of fused-ring (bicyclic) bond motifs is 1. The zero-order valence-electron chi connectivity index (χ0n) is 8.34. The van der Waals surface area contributed by atoms with Crippen molar-refractivity contribution in [1.82, 2.24) is 0 Å². The molecule has 0 N–H and O–H groups in total. The Kier molecular flexibility index (Phi) is 3.18. The molecule has 0 atom stereocenters. The Morgan fingerprint density at radius 2 is 0.933 bits per heavy atom. The molecule has 0 aliphatic heterocycles. The normalized spacial score (nSPS) is 21.1. The van der Waals surface area contributed by atoms with Crippen molar-refractivity contribution in [1.29, 1.82) is 0 Å². The Labute approximate surface area is 89.4 Å². The summed E-state index contributed by atoms with van der Waals surface area (Å²) in [5, 5.41) is 0. The zero-order valence-corrected chi connectivity index (χ0v) is 8.34. The van der Waals surface area contributed by atoms with Gasteiger partial charge in [-0.3, -0.25) is 0 Å². The highest BCUT2D eigenvalue weighted by molar-refractivity contribution is 5.65. The quantitative estimate of drug-likeness (QED) is 0.611. The first kappa shape index (κ1) is 9.53. The standard InChI is InChI=1S/C14H12O/c1-2-4-6-8-10-14-12-15-11-13(14)9-7-5-3-1/h1-12H/b2-1?,5-3-,6-4?,9-7-,10-8-. The average Bonchev–Trinajstić information content (AvgIpc) is 2.65. The van der Waals surface area contributed by atoms with Crippen LogP contribution in [0.1, 0.15) is 11.1 Å². The van der Waals surface area contributed by atoms with E-state index in [1.165, 1.54) is 0 Å². The lowest BCUT2D eigenvalue weighted by molar-refractivity contribution is 0.566. The van der Waals surface area contributed by atoms with E-state index in [1.54, 1.807) is 12.5 Å². The summed E-state index contributed by atoms with van der Waals surface area (Å²) >= 11 is 0. The topological polar surface area (TPSA) is 13.1 Å². The monoisotopic (exact) mass is 196 g/mol. The van der Waals surface area contributed by atoms with Crippen LogP contribution in [0.15, 0.2) is 65.6 Å². The Bertz CT molecular complexity index is 413. The van der Waals surface area contributed by atoms with Crippen LogP contribution in [-0.2, 0) is 0 Å². The molecule has 0 radical (unpaired) electrons. The molecule has 0 fully saturated rings. The molecule has 0 aromatic carbocycles. The summed E-state index contributed by atoms with van der Waals surface area (Å²) in [6.45, 7) is 0. The van der Waals surface area contributed by atoms with E-state index in [0.29, 0.717) is 0 Å². The number of furan rings is 1. The second-order valence-corrected chi connectivity index (χ2v) is 3.16. The molecule has 1 aromatic rings. The van der Waals surface area contributed by atoms with Crippen LogP contribution < -0.4 is 0 Å². The Morgan fingerprint density at radius 3 is 1.40 bits per heavy atom. The van der Waals surface area contributed by atoms with Gasteiger partial charge in [0, 0.05) is 11.1 Å². The number of hydrogen-bond donors (Lipinski definition) is 0. The molecule has 0 saturated heterocycles. The van der Waals surface area contributed by atoms with Gasteiger partial charge in [-0.15, -0.1) is 0 Å². The van der Waals surface area contributed by atoms with Gasteiger partial charge in [0.05, 0.1) is 12.5 Å². The van der Waals surface area contributed by atoms with E-state index in [1.807, 2.05) is 60.8 Å². The van der Waals surface area contributed by atoms with E-state index < -0.39 is 0 Å². The van der Waals surface area contributed by atoms with Crippen molar-refractivity contribution >= 4 is 12.2 Å². The molecule has 15 heavy (non-hydrogen) atoms. The first-order chi connectivity index (χ1) is 7.47. The van der Waals surface area contributed by atoms with E-state index >= 15 is 0 Å². The molecular weight excluding hydrogens is 184 g/mol. The largest absolute Gasteiger partial charge is 0.471 e. The predicted octanol–water partition coefficient (Wildman–Crippen LogP) is 3.99. The fraction of sp³-hybridized carbons (Fsp3) is 0. The summed E-state index contributed by atoms with van der Waals surface area (Å²) < 4.78 is 5.16. The highest BCUT2D eigenvalue weighted by atomic mass is 16.3. The van der Waals surface area contributed by atoms with Gasteiger partial charge in [0.25, 0.3) is 0 Å². The summed E-state index contributed by atoms with van der Waals surface area (Å²) in [5.74, 6) is 0. The highest BCUT2D eigenvalue weighted by Crippen LogP contribution is 2.14. The molecule has 1 aromatic heterocycles. The molecular formula is C14H12O. The van der Waals surface area contributed by atoms with E-state index in [4.69, 9.17) is 4.42 Å². The minimum atomic E-state index is 1.09. The van der Waals surface area contributed by atoms with Crippen LogP contribution in [0.2, 0.25) is 0 Å². The van der Waals surface area contributed by atoms with Crippen molar-refractivity contribution < 1.29 is 4.42 Å². The molecule has 74 valence electrons. The lowest BCUT2D eigenvalue weighted by atomic mass is 10.1.